The molecule has 1 aliphatic rings. The van der Waals surface area contributed by atoms with Crippen molar-refractivity contribution in [3.8, 4) is 11.5 Å². The molecule has 26 heavy (non-hydrogen) atoms. The van der Waals surface area contributed by atoms with Gasteiger partial charge in [-0.25, -0.2) is 5.41 Å². The monoisotopic (exact) mass is 359 g/mol. The predicted octanol–water partition coefficient (Wildman–Crippen LogP) is 6.48. The molecule has 0 bridgehead atoms. The number of para-hydroxylation sites is 2. The molecule has 0 aliphatic carbocycles. The van der Waals surface area contributed by atoms with Crippen LogP contribution in [0.15, 0.2) is 89.7 Å². The number of hydrogen-bond donors (Lipinski definition) is 1. The number of rotatable bonds is 0. The summed E-state index contributed by atoms with van der Waals surface area (Å²) in [5, 5.41) is 9.69. The van der Waals surface area contributed by atoms with E-state index in [-0.39, 0.29) is 0 Å². The largest absolute Gasteiger partial charge is 0.471 e. The SMILES string of the molecule is N=C=S.c1ccc2c(c1)Cc1ccccc1O2.c1ccc2cocc2c1. The molecule has 0 radical (unpaired) electrons. The number of nitrogens with one attached hydrogen (secondary N) is 1. The second kappa shape index (κ2) is 8.77. The lowest BCUT2D eigenvalue weighted by molar-refractivity contribution is 0.460. The van der Waals surface area contributed by atoms with Crippen LogP contribution in [-0.4, -0.2) is 5.16 Å². The Labute approximate surface area is 157 Å². The van der Waals surface area contributed by atoms with Crippen LogP contribution in [0, 0.1) is 5.41 Å². The van der Waals surface area contributed by atoms with Crippen molar-refractivity contribution in [3.05, 3.63) is 96.4 Å². The summed E-state index contributed by atoms with van der Waals surface area (Å²) < 4.78 is 10.7. The van der Waals surface area contributed by atoms with Crippen molar-refractivity contribution in [2.75, 3.05) is 0 Å². The zero-order chi connectivity index (χ0) is 18.2. The van der Waals surface area contributed by atoms with Gasteiger partial charge in [-0.1, -0.05) is 60.7 Å². The Morgan fingerprint density at radius 2 is 1.15 bits per heavy atom. The van der Waals surface area contributed by atoms with Crippen LogP contribution >= 0.6 is 12.2 Å². The van der Waals surface area contributed by atoms with Crippen LogP contribution in [0.5, 0.6) is 11.5 Å². The molecule has 0 atom stereocenters. The maximum absolute atomic E-state index is 5.78. The molecule has 1 aromatic heterocycles. The van der Waals surface area contributed by atoms with E-state index in [4.69, 9.17) is 14.6 Å². The first-order valence-electron chi connectivity index (χ1n) is 8.10. The van der Waals surface area contributed by atoms with Crippen molar-refractivity contribution < 1.29 is 9.15 Å². The average molecular weight is 359 g/mol. The van der Waals surface area contributed by atoms with E-state index < -0.39 is 0 Å². The van der Waals surface area contributed by atoms with Gasteiger partial charge >= 0.3 is 0 Å². The first kappa shape index (κ1) is 17.6. The van der Waals surface area contributed by atoms with Gasteiger partial charge in [0.15, 0.2) is 0 Å². The fraction of sp³-hybridized carbons (Fsp3) is 0.0455. The first-order valence-corrected chi connectivity index (χ1v) is 8.51. The van der Waals surface area contributed by atoms with Crippen molar-refractivity contribution in [2.24, 2.45) is 0 Å². The molecule has 3 nitrogen and oxygen atoms in total. The molecule has 128 valence electrons. The maximum Gasteiger partial charge on any atom is 0.130 e. The van der Waals surface area contributed by atoms with Gasteiger partial charge in [0, 0.05) is 17.2 Å². The topological polar surface area (TPSA) is 46.2 Å². The molecule has 0 fully saturated rings. The van der Waals surface area contributed by atoms with Gasteiger partial charge in [-0.05, 0) is 35.5 Å². The second-order valence-electron chi connectivity index (χ2n) is 5.60. The van der Waals surface area contributed by atoms with Gasteiger partial charge in [0.1, 0.15) is 11.5 Å². The minimum absolute atomic E-state index is 0.979. The summed E-state index contributed by atoms with van der Waals surface area (Å²) in [6.07, 6.45) is 4.47. The van der Waals surface area contributed by atoms with Crippen LogP contribution in [-0.2, 0) is 6.42 Å². The normalized spacial score (nSPS) is 10.6. The Kier molecular flexibility index (Phi) is 5.94. The quantitative estimate of drug-likeness (QED) is 0.254. The Hall–Kier alpha value is -3.20. The molecule has 4 aromatic rings. The number of isothiocyanates is 1. The van der Waals surface area contributed by atoms with E-state index in [1.165, 1.54) is 11.1 Å². The molecular formula is C22H17NO2S. The number of benzene rings is 3. The third-order valence-electron chi connectivity index (χ3n) is 3.93. The minimum atomic E-state index is 0.979. The van der Waals surface area contributed by atoms with Crippen molar-refractivity contribution in [1.82, 2.24) is 0 Å². The van der Waals surface area contributed by atoms with Crippen LogP contribution < -0.4 is 4.74 Å². The summed E-state index contributed by atoms with van der Waals surface area (Å²) in [6, 6.07) is 24.4. The molecule has 0 amide bonds. The molecule has 0 spiro atoms. The van der Waals surface area contributed by atoms with E-state index in [9.17, 15) is 0 Å². The highest BCUT2D eigenvalue weighted by Crippen LogP contribution is 2.35. The van der Waals surface area contributed by atoms with Crippen molar-refractivity contribution >= 4 is 28.2 Å². The Balaban J connectivity index is 0.000000141. The molecule has 1 N–H and O–H groups in total. The average Bonchev–Trinajstić information content (AvgIpc) is 3.16. The molecule has 1 aliphatic heterocycles. The van der Waals surface area contributed by atoms with Crippen LogP contribution in [0.3, 0.4) is 0 Å². The molecule has 5 rings (SSSR count). The van der Waals surface area contributed by atoms with Gasteiger partial charge in [-0.2, -0.15) is 0 Å². The van der Waals surface area contributed by atoms with E-state index in [1.807, 2.05) is 48.5 Å². The summed E-state index contributed by atoms with van der Waals surface area (Å²) >= 11 is 3.81. The van der Waals surface area contributed by atoms with Crippen LogP contribution in [0.4, 0.5) is 0 Å². The fourth-order valence-electron chi connectivity index (χ4n) is 2.73. The molecule has 0 saturated carbocycles. The fourth-order valence-corrected chi connectivity index (χ4v) is 2.73. The highest BCUT2D eigenvalue weighted by atomic mass is 32.1. The van der Waals surface area contributed by atoms with Gasteiger partial charge in [0.2, 0.25) is 0 Å². The van der Waals surface area contributed by atoms with Gasteiger partial charge in [0.25, 0.3) is 0 Å². The Bertz CT molecular complexity index is 915. The summed E-state index contributed by atoms with van der Waals surface area (Å²) in [5.74, 6) is 1.98. The third-order valence-corrected chi connectivity index (χ3v) is 3.93. The summed E-state index contributed by atoms with van der Waals surface area (Å²) in [6.45, 7) is 0. The smallest absolute Gasteiger partial charge is 0.130 e. The van der Waals surface area contributed by atoms with E-state index in [2.05, 4.69) is 36.5 Å². The van der Waals surface area contributed by atoms with Gasteiger partial charge in [-0.15, -0.1) is 0 Å². The molecule has 0 unspecified atom stereocenters. The Morgan fingerprint density at radius 1 is 0.731 bits per heavy atom. The van der Waals surface area contributed by atoms with Crippen molar-refractivity contribution in [1.29, 1.82) is 5.41 Å². The zero-order valence-electron chi connectivity index (χ0n) is 14.0. The van der Waals surface area contributed by atoms with Gasteiger partial charge in [0.05, 0.1) is 17.7 Å². The van der Waals surface area contributed by atoms with E-state index >= 15 is 0 Å². The van der Waals surface area contributed by atoms with Gasteiger partial charge < -0.3 is 9.15 Å². The third kappa shape index (κ3) is 4.25. The highest BCUT2D eigenvalue weighted by molar-refractivity contribution is 7.78. The zero-order valence-corrected chi connectivity index (χ0v) is 14.8. The lowest BCUT2D eigenvalue weighted by Crippen LogP contribution is -2.01. The summed E-state index contributed by atoms with van der Waals surface area (Å²) in [4.78, 5) is 0. The number of thiocarbonyl (C=S) groups is 1. The van der Waals surface area contributed by atoms with E-state index in [0.717, 1.165) is 28.7 Å². The van der Waals surface area contributed by atoms with Crippen LogP contribution in [0.25, 0.3) is 10.8 Å². The summed E-state index contributed by atoms with van der Waals surface area (Å²) in [5.41, 5.74) is 2.54. The predicted molar refractivity (Wildman–Crippen MR) is 107 cm³/mol. The maximum atomic E-state index is 5.78. The van der Waals surface area contributed by atoms with Crippen molar-refractivity contribution in [3.63, 3.8) is 0 Å². The number of hydrogen-bond acceptors (Lipinski definition) is 4. The molecule has 4 heteroatoms. The van der Waals surface area contributed by atoms with Crippen LogP contribution in [0.2, 0.25) is 0 Å². The van der Waals surface area contributed by atoms with Gasteiger partial charge in [-0.3, -0.25) is 0 Å². The number of ether oxygens (including phenoxy) is 1. The standard InChI is InChI=1S/C13H10O.C8H6O.CHNS/c1-3-7-12-10(5-1)9-11-6-2-4-8-13(11)14-12;1-2-4-8-6-9-5-7(8)3-1;2-1-3/h1-8H,9H2;1-6H;2H. The molecule has 0 saturated heterocycles. The van der Waals surface area contributed by atoms with E-state index in [1.54, 1.807) is 17.7 Å². The molecule has 3 aromatic carbocycles. The van der Waals surface area contributed by atoms with Crippen molar-refractivity contribution in [2.45, 2.75) is 6.42 Å². The summed E-state index contributed by atoms with van der Waals surface area (Å²) in [7, 11) is 0. The van der Waals surface area contributed by atoms with E-state index in [0.29, 0.717) is 0 Å². The lowest BCUT2D eigenvalue weighted by Gasteiger charge is -2.19. The lowest BCUT2D eigenvalue weighted by atomic mass is 10.0. The minimum Gasteiger partial charge on any atom is -0.471 e. The second-order valence-corrected chi connectivity index (χ2v) is 5.80. The first-order chi connectivity index (χ1) is 12.8. The Morgan fingerprint density at radius 3 is 1.65 bits per heavy atom. The van der Waals surface area contributed by atoms with Crippen LogP contribution in [0.1, 0.15) is 11.1 Å². The number of furan rings is 1. The molecule has 2 heterocycles. The number of fused-ring (bicyclic) bond motifs is 3. The highest BCUT2D eigenvalue weighted by Gasteiger charge is 2.14. The molecular weight excluding hydrogens is 342 g/mol.